The van der Waals surface area contributed by atoms with E-state index in [9.17, 15) is 9.18 Å². The number of primary amides is 1. The number of aromatic nitrogens is 4. The number of nitrogens with two attached hydrogens (primary N) is 2. The molecule has 3 aromatic rings. The molecular weight excluding hydrogens is 387 g/mol. The molecule has 0 unspecified atom stereocenters. The van der Waals surface area contributed by atoms with Gasteiger partial charge in [-0.15, -0.1) is 0 Å². The van der Waals surface area contributed by atoms with Crippen LogP contribution in [-0.4, -0.2) is 37.5 Å². The molecule has 2 atom stereocenters. The van der Waals surface area contributed by atoms with Crippen LogP contribution in [0.5, 0.6) is 0 Å². The lowest BCUT2D eigenvalue weighted by Gasteiger charge is -2.30. The first-order valence-corrected chi connectivity index (χ1v) is 9.74. The van der Waals surface area contributed by atoms with Gasteiger partial charge in [0.2, 0.25) is 0 Å². The van der Waals surface area contributed by atoms with E-state index in [2.05, 4.69) is 25.6 Å². The molecule has 4 rings (SSSR count). The van der Waals surface area contributed by atoms with Crippen molar-refractivity contribution >= 4 is 23.2 Å². The largest absolute Gasteiger partial charge is 0.365 e. The van der Waals surface area contributed by atoms with Gasteiger partial charge in [-0.2, -0.15) is 0 Å². The normalized spacial score (nSPS) is 18.7. The first-order valence-electron chi connectivity index (χ1n) is 9.74. The lowest BCUT2D eigenvalue weighted by atomic mass is 9.91. The monoisotopic (exact) mass is 410 g/mol. The highest BCUT2D eigenvalue weighted by atomic mass is 19.1. The highest BCUT2D eigenvalue weighted by Crippen LogP contribution is 2.27. The molecule has 0 saturated heterocycles. The minimum atomic E-state index is -0.788. The fourth-order valence-corrected chi connectivity index (χ4v) is 3.57. The number of carbonyl (C=O) groups excluding carboxylic acids is 1. The summed E-state index contributed by atoms with van der Waals surface area (Å²) in [5.41, 5.74) is 12.9. The first kappa shape index (κ1) is 19.8. The van der Waals surface area contributed by atoms with E-state index >= 15 is 0 Å². The van der Waals surface area contributed by atoms with Gasteiger partial charge < -0.3 is 26.7 Å². The highest BCUT2D eigenvalue weighted by Gasteiger charge is 2.24. The Labute approximate surface area is 172 Å². The zero-order chi connectivity index (χ0) is 21.1. The molecule has 1 saturated carbocycles. The molecule has 9 nitrogen and oxygen atoms in total. The summed E-state index contributed by atoms with van der Waals surface area (Å²) in [6.07, 6.45) is 12.1. The molecule has 0 aromatic carbocycles. The van der Waals surface area contributed by atoms with Crippen LogP contribution in [-0.2, 0) is 0 Å². The SMILES string of the molecule is NC(=O)c1cc(F)c(N[C@H]2CCCC[C@H]2N)nc1Nc1cncc(-n2ccnc2)c1. The second kappa shape index (κ2) is 8.46. The van der Waals surface area contributed by atoms with Crippen molar-refractivity contribution in [1.82, 2.24) is 19.5 Å². The number of halogens is 1. The van der Waals surface area contributed by atoms with E-state index in [1.54, 1.807) is 41.7 Å². The van der Waals surface area contributed by atoms with Crippen LogP contribution in [0.4, 0.5) is 21.7 Å². The third kappa shape index (κ3) is 4.23. The van der Waals surface area contributed by atoms with E-state index in [1.807, 2.05) is 0 Å². The first-order chi connectivity index (χ1) is 14.5. The van der Waals surface area contributed by atoms with Crippen LogP contribution in [0.2, 0.25) is 0 Å². The Hall–Kier alpha value is -3.53. The molecule has 6 N–H and O–H groups in total. The molecule has 30 heavy (non-hydrogen) atoms. The van der Waals surface area contributed by atoms with Gasteiger partial charge >= 0.3 is 0 Å². The van der Waals surface area contributed by atoms with Crippen LogP contribution < -0.4 is 22.1 Å². The number of nitrogens with one attached hydrogen (secondary N) is 2. The van der Waals surface area contributed by atoms with Gasteiger partial charge in [0.25, 0.3) is 5.91 Å². The van der Waals surface area contributed by atoms with Gasteiger partial charge in [0.05, 0.1) is 35.7 Å². The summed E-state index contributed by atoms with van der Waals surface area (Å²) in [6.45, 7) is 0. The van der Waals surface area contributed by atoms with Gasteiger partial charge in [-0.25, -0.2) is 14.4 Å². The number of rotatable bonds is 6. The summed E-state index contributed by atoms with van der Waals surface area (Å²) in [4.78, 5) is 24.4. The summed E-state index contributed by atoms with van der Waals surface area (Å²) in [7, 11) is 0. The Morgan fingerprint density at radius 2 is 2.00 bits per heavy atom. The standard InChI is InChI=1S/C20H23FN8O/c21-15-8-14(18(23)30)19(28-20(15)27-17-4-2-1-3-16(17)22)26-12-7-13(10-25-9-12)29-6-5-24-11-29/h5-11,16-17H,1-4,22H2,(H2,23,30)(H2,26,27,28)/t16-,17+/m1/s1. The Morgan fingerprint density at radius 1 is 1.17 bits per heavy atom. The number of amides is 1. The van der Waals surface area contributed by atoms with Crippen molar-refractivity contribution < 1.29 is 9.18 Å². The molecule has 1 aliphatic carbocycles. The second-order valence-electron chi connectivity index (χ2n) is 7.31. The minimum Gasteiger partial charge on any atom is -0.365 e. The van der Waals surface area contributed by atoms with E-state index in [1.165, 1.54) is 0 Å². The summed E-state index contributed by atoms with van der Waals surface area (Å²) < 4.78 is 16.4. The number of anilines is 3. The maximum atomic E-state index is 14.6. The molecule has 10 heteroatoms. The maximum Gasteiger partial charge on any atom is 0.252 e. The summed E-state index contributed by atoms with van der Waals surface area (Å²) in [5.74, 6) is -1.27. The number of hydrogen-bond donors (Lipinski definition) is 4. The number of carbonyl (C=O) groups is 1. The third-order valence-corrected chi connectivity index (χ3v) is 5.17. The summed E-state index contributed by atoms with van der Waals surface area (Å²) in [6, 6.07) is 2.72. The summed E-state index contributed by atoms with van der Waals surface area (Å²) in [5, 5.41) is 6.12. The van der Waals surface area contributed by atoms with Gasteiger partial charge in [-0.3, -0.25) is 9.78 Å². The van der Waals surface area contributed by atoms with Crippen molar-refractivity contribution in [2.45, 2.75) is 37.8 Å². The van der Waals surface area contributed by atoms with Crippen LogP contribution in [0.3, 0.4) is 0 Å². The van der Waals surface area contributed by atoms with Crippen molar-refractivity contribution in [1.29, 1.82) is 0 Å². The van der Waals surface area contributed by atoms with Crippen molar-refractivity contribution in [2.75, 3.05) is 10.6 Å². The van der Waals surface area contributed by atoms with Crippen molar-refractivity contribution in [3.05, 3.63) is 54.6 Å². The van der Waals surface area contributed by atoms with Crippen LogP contribution in [0.25, 0.3) is 5.69 Å². The molecule has 1 fully saturated rings. The molecule has 1 amide bonds. The van der Waals surface area contributed by atoms with E-state index in [-0.39, 0.29) is 29.3 Å². The predicted molar refractivity (Wildman–Crippen MR) is 111 cm³/mol. The lowest BCUT2D eigenvalue weighted by molar-refractivity contribution is 0.100. The van der Waals surface area contributed by atoms with Gasteiger partial charge in [0.15, 0.2) is 11.6 Å². The minimum absolute atomic E-state index is 0.0311. The van der Waals surface area contributed by atoms with Gasteiger partial charge in [-0.1, -0.05) is 12.8 Å². The average Bonchev–Trinajstić information content (AvgIpc) is 3.27. The van der Waals surface area contributed by atoms with Crippen LogP contribution in [0.1, 0.15) is 36.0 Å². The van der Waals surface area contributed by atoms with Gasteiger partial charge in [0.1, 0.15) is 5.82 Å². The highest BCUT2D eigenvalue weighted by molar-refractivity contribution is 5.98. The topological polar surface area (TPSA) is 137 Å². The van der Waals surface area contributed by atoms with Gasteiger partial charge in [0, 0.05) is 24.5 Å². The summed E-state index contributed by atoms with van der Waals surface area (Å²) >= 11 is 0. The Morgan fingerprint density at radius 3 is 2.73 bits per heavy atom. The molecule has 0 spiro atoms. The predicted octanol–water partition coefficient (Wildman–Crippen LogP) is 2.33. The zero-order valence-electron chi connectivity index (χ0n) is 16.3. The van der Waals surface area contributed by atoms with Crippen molar-refractivity contribution in [2.24, 2.45) is 11.5 Å². The van der Waals surface area contributed by atoms with Crippen molar-refractivity contribution in [3.8, 4) is 5.69 Å². The molecule has 156 valence electrons. The number of pyridine rings is 2. The fourth-order valence-electron chi connectivity index (χ4n) is 3.57. The molecule has 0 bridgehead atoms. The average molecular weight is 410 g/mol. The lowest BCUT2D eigenvalue weighted by Crippen LogP contribution is -2.43. The molecule has 3 aromatic heterocycles. The maximum absolute atomic E-state index is 14.6. The quantitative estimate of drug-likeness (QED) is 0.489. The fraction of sp³-hybridized carbons (Fsp3) is 0.300. The second-order valence-corrected chi connectivity index (χ2v) is 7.31. The Bertz CT molecular complexity index is 1040. The zero-order valence-corrected chi connectivity index (χ0v) is 16.3. The van der Waals surface area contributed by atoms with Crippen LogP contribution in [0, 0.1) is 5.82 Å². The third-order valence-electron chi connectivity index (χ3n) is 5.17. The Kier molecular flexibility index (Phi) is 5.57. The smallest absolute Gasteiger partial charge is 0.252 e. The van der Waals surface area contributed by atoms with E-state index < -0.39 is 11.7 Å². The van der Waals surface area contributed by atoms with Crippen LogP contribution >= 0.6 is 0 Å². The van der Waals surface area contributed by atoms with E-state index in [0.717, 1.165) is 37.4 Å². The number of nitrogens with zero attached hydrogens (tertiary/aromatic N) is 4. The molecule has 3 heterocycles. The number of hydrogen-bond acceptors (Lipinski definition) is 7. The van der Waals surface area contributed by atoms with E-state index in [4.69, 9.17) is 11.5 Å². The molecular formula is C20H23FN8O. The molecule has 0 aliphatic heterocycles. The molecule has 0 radical (unpaired) electrons. The van der Waals surface area contributed by atoms with E-state index in [0.29, 0.717) is 5.69 Å². The molecule has 1 aliphatic rings. The van der Waals surface area contributed by atoms with Crippen LogP contribution in [0.15, 0.2) is 43.2 Å². The van der Waals surface area contributed by atoms with Gasteiger partial charge in [-0.05, 0) is 25.0 Å². The van der Waals surface area contributed by atoms with Crippen molar-refractivity contribution in [3.63, 3.8) is 0 Å². The Balaban J connectivity index is 1.64. The number of imidazole rings is 1.